The van der Waals surface area contributed by atoms with Crippen LogP contribution in [0.15, 0.2) is 22.7 Å². The first kappa shape index (κ1) is 10.7. The molecule has 0 bridgehead atoms. The molecule has 0 aliphatic carbocycles. The maximum absolute atomic E-state index is 8.57. The van der Waals surface area contributed by atoms with E-state index in [4.69, 9.17) is 5.21 Å². The molecular formula is C10H14BrNO. The molecule has 0 spiro atoms. The van der Waals surface area contributed by atoms with Crippen molar-refractivity contribution in [1.29, 1.82) is 0 Å². The van der Waals surface area contributed by atoms with Crippen LogP contribution >= 0.6 is 15.9 Å². The highest BCUT2D eigenvalue weighted by atomic mass is 79.9. The highest BCUT2D eigenvalue weighted by molar-refractivity contribution is 9.10. The van der Waals surface area contributed by atoms with Crippen molar-refractivity contribution in [2.24, 2.45) is 0 Å². The molecule has 3 heteroatoms. The van der Waals surface area contributed by atoms with Gasteiger partial charge in [-0.25, -0.2) is 5.48 Å². The molecule has 0 unspecified atom stereocenters. The fraction of sp³-hybridized carbons (Fsp3) is 0.400. The molecule has 1 rings (SSSR count). The van der Waals surface area contributed by atoms with Gasteiger partial charge in [0.15, 0.2) is 0 Å². The second kappa shape index (κ2) is 4.74. The Hall–Kier alpha value is -0.380. The summed E-state index contributed by atoms with van der Waals surface area (Å²) >= 11 is 3.44. The zero-order valence-corrected chi connectivity index (χ0v) is 9.43. The second-order valence-corrected chi connectivity index (χ2v) is 4.30. The highest BCUT2D eigenvalue weighted by Crippen LogP contribution is 2.21. The normalized spacial score (nSPS) is 10.8. The standard InChI is InChI=1S/C10H14BrNO/c1-7(2)9-3-8(6-12-13)4-10(11)5-9/h3-5,7,12-13H,6H2,1-2H3. The molecule has 13 heavy (non-hydrogen) atoms. The molecular weight excluding hydrogens is 230 g/mol. The van der Waals surface area contributed by atoms with Gasteiger partial charge in [0.2, 0.25) is 0 Å². The van der Waals surface area contributed by atoms with Crippen LogP contribution in [0.3, 0.4) is 0 Å². The van der Waals surface area contributed by atoms with Crippen molar-refractivity contribution >= 4 is 15.9 Å². The van der Waals surface area contributed by atoms with Gasteiger partial charge in [0, 0.05) is 11.0 Å². The van der Waals surface area contributed by atoms with Crippen LogP contribution < -0.4 is 5.48 Å². The van der Waals surface area contributed by atoms with Crippen LogP contribution in [0.4, 0.5) is 0 Å². The average Bonchev–Trinajstić information content (AvgIpc) is 2.03. The summed E-state index contributed by atoms with van der Waals surface area (Å²) < 4.78 is 1.06. The van der Waals surface area contributed by atoms with Crippen LogP contribution in [0.5, 0.6) is 0 Å². The van der Waals surface area contributed by atoms with E-state index < -0.39 is 0 Å². The topological polar surface area (TPSA) is 32.3 Å². The quantitative estimate of drug-likeness (QED) is 0.801. The molecule has 2 N–H and O–H groups in total. The molecule has 0 saturated heterocycles. The van der Waals surface area contributed by atoms with Gasteiger partial charge in [-0.1, -0.05) is 35.8 Å². The van der Waals surface area contributed by atoms with E-state index >= 15 is 0 Å². The molecule has 1 aromatic carbocycles. The summed E-state index contributed by atoms with van der Waals surface area (Å²) in [6.07, 6.45) is 0. The van der Waals surface area contributed by atoms with E-state index in [1.54, 1.807) is 0 Å². The molecule has 1 aromatic rings. The molecule has 0 radical (unpaired) electrons. The molecule has 0 amide bonds. The number of hydroxylamine groups is 1. The lowest BCUT2D eigenvalue weighted by molar-refractivity contribution is 0.161. The van der Waals surface area contributed by atoms with Crippen molar-refractivity contribution in [3.63, 3.8) is 0 Å². The zero-order chi connectivity index (χ0) is 9.84. The van der Waals surface area contributed by atoms with Crippen molar-refractivity contribution in [3.8, 4) is 0 Å². The maximum atomic E-state index is 8.57. The van der Waals surface area contributed by atoms with Crippen molar-refractivity contribution in [3.05, 3.63) is 33.8 Å². The molecule has 0 aliphatic rings. The Morgan fingerprint density at radius 2 is 2.08 bits per heavy atom. The minimum Gasteiger partial charge on any atom is -0.316 e. The zero-order valence-electron chi connectivity index (χ0n) is 7.84. The lowest BCUT2D eigenvalue weighted by Gasteiger charge is -2.08. The molecule has 0 aromatic heterocycles. The Labute approximate surface area is 87.1 Å². The van der Waals surface area contributed by atoms with Crippen molar-refractivity contribution < 1.29 is 5.21 Å². The summed E-state index contributed by atoms with van der Waals surface area (Å²) in [5.41, 5.74) is 4.52. The summed E-state index contributed by atoms with van der Waals surface area (Å²) in [4.78, 5) is 0. The van der Waals surface area contributed by atoms with Crippen molar-refractivity contribution in [2.75, 3.05) is 0 Å². The van der Waals surface area contributed by atoms with Gasteiger partial charge in [-0.3, -0.25) is 0 Å². The van der Waals surface area contributed by atoms with Gasteiger partial charge in [0.05, 0.1) is 0 Å². The Morgan fingerprint density at radius 1 is 1.38 bits per heavy atom. The molecule has 72 valence electrons. The maximum Gasteiger partial charge on any atom is 0.0458 e. The molecule has 2 nitrogen and oxygen atoms in total. The summed E-state index contributed by atoms with van der Waals surface area (Å²) in [7, 11) is 0. The number of nitrogens with one attached hydrogen (secondary N) is 1. The summed E-state index contributed by atoms with van der Waals surface area (Å²) in [5.74, 6) is 0.509. The van der Waals surface area contributed by atoms with Gasteiger partial charge in [-0.2, -0.15) is 0 Å². The van der Waals surface area contributed by atoms with Crippen molar-refractivity contribution in [1.82, 2.24) is 5.48 Å². The van der Waals surface area contributed by atoms with Crippen LogP contribution in [0.1, 0.15) is 30.9 Å². The number of hydrogen-bond donors (Lipinski definition) is 2. The third-order valence-corrected chi connectivity index (χ3v) is 2.39. The minimum absolute atomic E-state index is 0.485. The molecule has 0 atom stereocenters. The Morgan fingerprint density at radius 3 is 2.62 bits per heavy atom. The average molecular weight is 244 g/mol. The first-order valence-corrected chi connectivity index (χ1v) is 5.09. The van der Waals surface area contributed by atoms with Gasteiger partial charge in [0.25, 0.3) is 0 Å². The third kappa shape index (κ3) is 3.10. The van der Waals surface area contributed by atoms with Gasteiger partial charge >= 0.3 is 0 Å². The number of rotatable bonds is 3. The Kier molecular flexibility index (Phi) is 3.90. The van der Waals surface area contributed by atoms with Gasteiger partial charge in [-0.15, -0.1) is 0 Å². The van der Waals surface area contributed by atoms with Crippen LogP contribution in [0.2, 0.25) is 0 Å². The van der Waals surface area contributed by atoms with Gasteiger partial charge in [-0.05, 0) is 29.2 Å². The smallest absolute Gasteiger partial charge is 0.0458 e. The lowest BCUT2D eigenvalue weighted by Crippen LogP contribution is -2.06. The summed E-state index contributed by atoms with van der Waals surface area (Å²) in [6.45, 7) is 4.79. The highest BCUT2D eigenvalue weighted by Gasteiger charge is 2.02. The largest absolute Gasteiger partial charge is 0.316 e. The van der Waals surface area contributed by atoms with E-state index in [0.717, 1.165) is 10.0 Å². The Balaban J connectivity index is 2.96. The first-order chi connectivity index (χ1) is 6.13. The second-order valence-electron chi connectivity index (χ2n) is 3.38. The monoisotopic (exact) mass is 243 g/mol. The predicted molar refractivity (Wildman–Crippen MR) is 56.9 cm³/mol. The van der Waals surface area contributed by atoms with Crippen LogP contribution in [-0.2, 0) is 6.54 Å². The van der Waals surface area contributed by atoms with Crippen LogP contribution in [0.25, 0.3) is 0 Å². The van der Waals surface area contributed by atoms with E-state index in [-0.39, 0.29) is 0 Å². The molecule has 0 aliphatic heterocycles. The summed E-state index contributed by atoms with van der Waals surface area (Å²) in [6, 6.07) is 6.19. The van der Waals surface area contributed by atoms with Crippen LogP contribution in [0, 0.1) is 0 Å². The minimum atomic E-state index is 0.485. The van der Waals surface area contributed by atoms with Crippen molar-refractivity contribution in [2.45, 2.75) is 26.3 Å². The number of benzene rings is 1. The molecule has 0 heterocycles. The van der Waals surface area contributed by atoms with E-state index in [1.165, 1.54) is 5.56 Å². The van der Waals surface area contributed by atoms with Gasteiger partial charge in [0.1, 0.15) is 0 Å². The van der Waals surface area contributed by atoms with Crippen LogP contribution in [-0.4, -0.2) is 5.21 Å². The Bertz CT molecular complexity index is 286. The lowest BCUT2D eigenvalue weighted by atomic mass is 10.0. The fourth-order valence-electron chi connectivity index (χ4n) is 1.20. The number of hydrogen-bond acceptors (Lipinski definition) is 2. The van der Waals surface area contributed by atoms with E-state index in [1.807, 2.05) is 6.07 Å². The summed E-state index contributed by atoms with van der Waals surface area (Å²) in [5, 5.41) is 8.57. The predicted octanol–water partition coefficient (Wildman–Crippen LogP) is 3.05. The third-order valence-electron chi connectivity index (χ3n) is 1.93. The molecule has 0 fully saturated rings. The van der Waals surface area contributed by atoms with E-state index in [0.29, 0.717) is 12.5 Å². The number of halogens is 1. The fourth-order valence-corrected chi connectivity index (χ4v) is 1.76. The van der Waals surface area contributed by atoms with E-state index in [9.17, 15) is 0 Å². The van der Waals surface area contributed by atoms with E-state index in [2.05, 4.69) is 47.4 Å². The first-order valence-electron chi connectivity index (χ1n) is 4.30. The van der Waals surface area contributed by atoms with Gasteiger partial charge < -0.3 is 5.21 Å². The molecule has 0 saturated carbocycles. The SMILES string of the molecule is CC(C)c1cc(Br)cc(CNO)c1.